The quantitative estimate of drug-likeness (QED) is 0.821. The topological polar surface area (TPSA) is 33.1 Å². The van der Waals surface area contributed by atoms with Gasteiger partial charge >= 0.3 is 0 Å². The first kappa shape index (κ1) is 9.62. The van der Waals surface area contributed by atoms with Gasteiger partial charge in [0.1, 0.15) is 0 Å². The van der Waals surface area contributed by atoms with Crippen LogP contribution in [0.1, 0.15) is 30.4 Å². The Labute approximate surface area is 87.2 Å². The molecule has 14 heavy (non-hydrogen) atoms. The number of rotatable bonds is 2. The van der Waals surface area contributed by atoms with E-state index in [1.165, 1.54) is 10.3 Å². The molecule has 1 unspecified atom stereocenters. The number of pyridine rings is 1. The van der Waals surface area contributed by atoms with Gasteiger partial charge in [-0.3, -0.25) is 4.98 Å². The highest BCUT2D eigenvalue weighted by Gasteiger charge is 2.09. The van der Waals surface area contributed by atoms with Crippen LogP contribution >= 0.6 is 11.3 Å². The Bertz CT molecular complexity index is 447. The largest absolute Gasteiger partial charge is 0.388 e. The highest BCUT2D eigenvalue weighted by atomic mass is 32.1. The Hall–Kier alpha value is -0.930. The van der Waals surface area contributed by atoms with Crippen molar-refractivity contribution in [2.45, 2.75) is 26.4 Å². The molecule has 2 rings (SSSR count). The Kier molecular flexibility index (Phi) is 2.52. The van der Waals surface area contributed by atoms with Crippen molar-refractivity contribution in [1.82, 2.24) is 4.98 Å². The monoisotopic (exact) mass is 207 g/mol. The highest BCUT2D eigenvalue weighted by molar-refractivity contribution is 7.19. The molecule has 0 aliphatic heterocycles. The van der Waals surface area contributed by atoms with Crippen molar-refractivity contribution in [2.24, 2.45) is 0 Å². The second-order valence-electron chi connectivity index (χ2n) is 3.36. The van der Waals surface area contributed by atoms with Gasteiger partial charge < -0.3 is 5.11 Å². The molecule has 2 nitrogen and oxygen atoms in total. The Balaban J connectivity index is 2.64. The minimum atomic E-state index is -0.390. The number of hydrogen-bond acceptors (Lipinski definition) is 3. The van der Waals surface area contributed by atoms with Crippen molar-refractivity contribution in [2.75, 3.05) is 0 Å². The van der Waals surface area contributed by atoms with Gasteiger partial charge in [0.25, 0.3) is 0 Å². The third-order valence-corrected chi connectivity index (χ3v) is 3.68. The number of hydrogen-bond donors (Lipinski definition) is 1. The highest BCUT2D eigenvalue weighted by Crippen LogP contribution is 2.30. The molecule has 0 aliphatic carbocycles. The summed E-state index contributed by atoms with van der Waals surface area (Å²) < 4.78 is 1.21. The van der Waals surface area contributed by atoms with E-state index in [1.54, 1.807) is 18.3 Å². The molecule has 1 N–H and O–H groups in total. The molecule has 1 atom stereocenters. The van der Waals surface area contributed by atoms with Crippen LogP contribution in [-0.4, -0.2) is 10.1 Å². The molecular weight excluding hydrogens is 194 g/mol. The van der Waals surface area contributed by atoms with Crippen LogP contribution in [0.4, 0.5) is 0 Å². The number of nitrogens with zero attached hydrogens (tertiary/aromatic N) is 1. The van der Waals surface area contributed by atoms with Gasteiger partial charge in [-0.25, -0.2) is 0 Å². The minimum absolute atomic E-state index is 0.390. The van der Waals surface area contributed by atoms with Crippen LogP contribution in [0.15, 0.2) is 18.3 Å². The van der Waals surface area contributed by atoms with E-state index in [2.05, 4.69) is 11.9 Å². The van der Waals surface area contributed by atoms with E-state index in [1.807, 2.05) is 18.3 Å². The zero-order chi connectivity index (χ0) is 10.1. The summed E-state index contributed by atoms with van der Waals surface area (Å²) in [5.41, 5.74) is 2.32. The molecule has 2 aromatic heterocycles. The Morgan fingerprint density at radius 2 is 2.36 bits per heavy atom. The number of aliphatic hydroxyl groups excluding tert-OH is 1. The lowest BCUT2D eigenvalue weighted by molar-refractivity contribution is 0.203. The van der Waals surface area contributed by atoms with Gasteiger partial charge in [-0.05, 0) is 31.0 Å². The first-order valence-electron chi connectivity index (χ1n) is 4.77. The maximum Gasteiger partial charge on any atom is 0.0854 e. The lowest BCUT2D eigenvalue weighted by Gasteiger charge is -1.97. The summed E-state index contributed by atoms with van der Waals surface area (Å²) in [4.78, 5) is 5.29. The zero-order valence-electron chi connectivity index (χ0n) is 8.32. The standard InChI is InChI=1S/C11H13NOS/c1-3-8-4-5-12-9-6-10(7(2)13)14-11(8)9/h4-7,13H,3H2,1-2H3. The van der Waals surface area contributed by atoms with E-state index in [-0.39, 0.29) is 6.10 Å². The molecule has 2 heterocycles. The first-order valence-corrected chi connectivity index (χ1v) is 5.59. The molecule has 0 aromatic carbocycles. The van der Waals surface area contributed by atoms with Gasteiger partial charge in [-0.1, -0.05) is 6.92 Å². The predicted octanol–water partition coefficient (Wildman–Crippen LogP) is 2.91. The fraction of sp³-hybridized carbons (Fsp3) is 0.364. The van der Waals surface area contributed by atoms with Crippen LogP contribution in [0.5, 0.6) is 0 Å². The van der Waals surface area contributed by atoms with E-state index < -0.39 is 0 Å². The van der Waals surface area contributed by atoms with E-state index >= 15 is 0 Å². The summed E-state index contributed by atoms with van der Waals surface area (Å²) in [5, 5.41) is 9.47. The van der Waals surface area contributed by atoms with E-state index in [9.17, 15) is 5.11 Å². The molecule has 0 fully saturated rings. The Morgan fingerprint density at radius 1 is 1.57 bits per heavy atom. The molecule has 0 saturated heterocycles. The summed E-state index contributed by atoms with van der Waals surface area (Å²) in [6.07, 6.45) is 2.46. The first-order chi connectivity index (χ1) is 6.72. The molecule has 0 bridgehead atoms. The maximum atomic E-state index is 9.47. The Morgan fingerprint density at radius 3 is 3.00 bits per heavy atom. The lowest BCUT2D eigenvalue weighted by Crippen LogP contribution is -1.83. The molecular formula is C11H13NOS. The fourth-order valence-corrected chi connectivity index (χ4v) is 2.63. The van der Waals surface area contributed by atoms with Crippen molar-refractivity contribution >= 4 is 21.6 Å². The van der Waals surface area contributed by atoms with Crippen LogP contribution in [0.2, 0.25) is 0 Å². The van der Waals surface area contributed by atoms with Gasteiger partial charge in [0.05, 0.1) is 16.3 Å². The van der Waals surface area contributed by atoms with E-state index in [0.29, 0.717) is 0 Å². The number of aryl methyl sites for hydroxylation is 1. The normalized spacial score (nSPS) is 13.4. The summed E-state index contributed by atoms with van der Waals surface area (Å²) in [5.74, 6) is 0. The van der Waals surface area contributed by atoms with Crippen LogP contribution in [0.25, 0.3) is 10.2 Å². The molecule has 0 radical (unpaired) electrons. The summed E-state index contributed by atoms with van der Waals surface area (Å²) in [6, 6.07) is 4.02. The molecule has 0 saturated carbocycles. The lowest BCUT2D eigenvalue weighted by atomic mass is 10.2. The second kappa shape index (κ2) is 3.67. The molecule has 0 spiro atoms. The van der Waals surface area contributed by atoms with Gasteiger partial charge in [0.15, 0.2) is 0 Å². The van der Waals surface area contributed by atoms with Crippen molar-refractivity contribution in [3.05, 3.63) is 28.8 Å². The third-order valence-electron chi connectivity index (χ3n) is 2.31. The summed E-state index contributed by atoms with van der Waals surface area (Å²) >= 11 is 1.64. The minimum Gasteiger partial charge on any atom is -0.388 e. The SMILES string of the molecule is CCc1ccnc2cc(C(C)O)sc12. The van der Waals surface area contributed by atoms with Gasteiger partial charge in [0, 0.05) is 11.1 Å². The number of aromatic nitrogens is 1. The average Bonchev–Trinajstić information content (AvgIpc) is 2.60. The van der Waals surface area contributed by atoms with E-state index in [0.717, 1.165) is 16.8 Å². The number of thiophene rings is 1. The van der Waals surface area contributed by atoms with Crippen LogP contribution in [0, 0.1) is 0 Å². The molecule has 0 amide bonds. The van der Waals surface area contributed by atoms with Crippen molar-refractivity contribution in [3.8, 4) is 0 Å². The van der Waals surface area contributed by atoms with Gasteiger partial charge in [-0.15, -0.1) is 11.3 Å². The summed E-state index contributed by atoms with van der Waals surface area (Å²) in [7, 11) is 0. The smallest absolute Gasteiger partial charge is 0.0854 e. The van der Waals surface area contributed by atoms with Gasteiger partial charge in [0.2, 0.25) is 0 Å². The second-order valence-corrected chi connectivity index (χ2v) is 4.45. The van der Waals surface area contributed by atoms with Crippen LogP contribution in [0.3, 0.4) is 0 Å². The molecule has 0 aliphatic rings. The van der Waals surface area contributed by atoms with E-state index in [4.69, 9.17) is 0 Å². The third kappa shape index (κ3) is 1.53. The molecule has 3 heteroatoms. The van der Waals surface area contributed by atoms with Gasteiger partial charge in [-0.2, -0.15) is 0 Å². The number of fused-ring (bicyclic) bond motifs is 1. The zero-order valence-corrected chi connectivity index (χ0v) is 9.14. The maximum absolute atomic E-state index is 9.47. The average molecular weight is 207 g/mol. The van der Waals surface area contributed by atoms with Crippen LogP contribution < -0.4 is 0 Å². The molecule has 2 aromatic rings. The van der Waals surface area contributed by atoms with Crippen molar-refractivity contribution < 1.29 is 5.11 Å². The van der Waals surface area contributed by atoms with Crippen molar-refractivity contribution in [3.63, 3.8) is 0 Å². The van der Waals surface area contributed by atoms with Crippen LogP contribution in [-0.2, 0) is 6.42 Å². The summed E-state index contributed by atoms with van der Waals surface area (Å²) in [6.45, 7) is 3.92. The number of aliphatic hydroxyl groups is 1. The predicted molar refractivity (Wildman–Crippen MR) is 59.6 cm³/mol. The van der Waals surface area contributed by atoms with Crippen molar-refractivity contribution in [1.29, 1.82) is 0 Å². The fourth-order valence-electron chi connectivity index (χ4n) is 1.49. The molecule has 74 valence electrons.